The fourth-order valence-electron chi connectivity index (χ4n) is 3.03. The Morgan fingerprint density at radius 2 is 2.17 bits per heavy atom. The van der Waals surface area contributed by atoms with Crippen LogP contribution in [0.2, 0.25) is 0 Å². The van der Waals surface area contributed by atoms with Gasteiger partial charge in [-0.3, -0.25) is 4.90 Å². The third-order valence-corrected chi connectivity index (χ3v) is 4.39. The van der Waals surface area contributed by atoms with Gasteiger partial charge in [-0.05, 0) is 68.3 Å². The molecular weight excluding hydrogens is 290 g/mol. The van der Waals surface area contributed by atoms with E-state index in [1.54, 1.807) is 0 Å². The van der Waals surface area contributed by atoms with Crippen LogP contribution in [0, 0.1) is 0 Å². The van der Waals surface area contributed by atoms with Crippen molar-refractivity contribution < 1.29 is 9.84 Å². The number of nitrogens with zero attached hydrogens (tertiary/aromatic N) is 1. The molecule has 23 heavy (non-hydrogen) atoms. The number of aliphatic hydroxyl groups is 1. The third kappa shape index (κ3) is 4.27. The molecule has 1 saturated heterocycles. The summed E-state index contributed by atoms with van der Waals surface area (Å²) >= 11 is 0. The van der Waals surface area contributed by atoms with Crippen molar-refractivity contribution in [1.82, 2.24) is 15.8 Å². The minimum absolute atomic E-state index is 0.327. The monoisotopic (exact) mass is 315 g/mol. The van der Waals surface area contributed by atoms with E-state index in [0.29, 0.717) is 19.2 Å². The molecule has 0 spiro atoms. The zero-order valence-electron chi connectivity index (χ0n) is 13.5. The second-order valence-corrected chi connectivity index (χ2v) is 6.18. The second kappa shape index (κ2) is 7.53. The predicted molar refractivity (Wildman–Crippen MR) is 91.6 cm³/mol. The van der Waals surface area contributed by atoms with E-state index >= 15 is 0 Å². The summed E-state index contributed by atoms with van der Waals surface area (Å²) in [4.78, 5) is 2.33. The molecule has 5 nitrogen and oxygen atoms in total. The maximum absolute atomic E-state index is 10.1. The lowest BCUT2D eigenvalue weighted by Gasteiger charge is -2.24. The molecular formula is C18H25N3O2. The van der Waals surface area contributed by atoms with Crippen LogP contribution in [-0.4, -0.2) is 41.8 Å². The molecule has 0 radical (unpaired) electrons. The van der Waals surface area contributed by atoms with Crippen LogP contribution in [0.25, 0.3) is 5.70 Å². The lowest BCUT2D eigenvalue weighted by Crippen LogP contribution is -2.37. The topological polar surface area (TPSA) is 56.8 Å². The number of hydrogen-bond donors (Lipinski definition) is 3. The van der Waals surface area contributed by atoms with Gasteiger partial charge < -0.3 is 20.7 Å². The molecule has 2 aliphatic rings. The summed E-state index contributed by atoms with van der Waals surface area (Å²) in [6.07, 6.45) is 7.79. The maximum Gasteiger partial charge on any atom is 0.119 e. The Morgan fingerprint density at radius 1 is 1.35 bits per heavy atom. The quantitative estimate of drug-likeness (QED) is 0.748. The summed E-state index contributed by atoms with van der Waals surface area (Å²) in [7, 11) is 0. The fraction of sp³-hybridized carbons (Fsp3) is 0.444. The molecule has 2 heterocycles. The highest BCUT2D eigenvalue weighted by molar-refractivity contribution is 5.66. The van der Waals surface area contributed by atoms with Gasteiger partial charge in [0.25, 0.3) is 0 Å². The third-order valence-electron chi connectivity index (χ3n) is 4.39. The number of ether oxygens (including phenoxy) is 1. The van der Waals surface area contributed by atoms with Gasteiger partial charge in [-0.1, -0.05) is 0 Å². The fourth-order valence-corrected chi connectivity index (χ4v) is 3.03. The highest BCUT2D eigenvalue weighted by Gasteiger charge is 2.22. The number of β-amino-alcohol motifs (C(OH)–C–C–N with tert-alkyl or cyclic N) is 1. The van der Waals surface area contributed by atoms with Crippen LogP contribution in [0.15, 0.2) is 42.6 Å². The van der Waals surface area contributed by atoms with Crippen LogP contribution in [0.4, 0.5) is 0 Å². The van der Waals surface area contributed by atoms with Gasteiger partial charge in [0.05, 0.1) is 5.70 Å². The molecule has 3 N–H and O–H groups in total. The first-order chi connectivity index (χ1) is 11.2. The number of likely N-dealkylation sites (tertiary alicyclic amines) is 1. The number of nitrogens with one attached hydrogen (secondary N) is 2. The van der Waals surface area contributed by atoms with Gasteiger partial charge in [0.1, 0.15) is 18.5 Å². The summed E-state index contributed by atoms with van der Waals surface area (Å²) in [5.74, 6) is 0.780. The van der Waals surface area contributed by atoms with Gasteiger partial charge in [0.2, 0.25) is 0 Å². The van der Waals surface area contributed by atoms with E-state index in [1.165, 1.54) is 12.8 Å². The lowest BCUT2D eigenvalue weighted by molar-refractivity contribution is 0.0662. The highest BCUT2D eigenvalue weighted by Crippen LogP contribution is 2.19. The van der Waals surface area contributed by atoms with E-state index in [4.69, 9.17) is 4.74 Å². The van der Waals surface area contributed by atoms with Gasteiger partial charge in [0.15, 0.2) is 0 Å². The molecule has 1 aromatic rings. The van der Waals surface area contributed by atoms with Crippen LogP contribution in [0.5, 0.6) is 5.75 Å². The molecule has 124 valence electrons. The average Bonchev–Trinajstić information content (AvgIpc) is 2.99. The first kappa shape index (κ1) is 15.9. The Labute approximate surface area is 137 Å². The summed E-state index contributed by atoms with van der Waals surface area (Å²) in [5.41, 5.74) is 8.15. The van der Waals surface area contributed by atoms with Crippen molar-refractivity contribution in [3.8, 4) is 5.75 Å². The minimum Gasteiger partial charge on any atom is -0.491 e. The Bertz CT molecular complexity index is 568. The zero-order valence-corrected chi connectivity index (χ0v) is 13.5. The SMILES string of the molecule is C[C@@H]1CCCN1CC(O)COc1ccc(C2=CC=CNN2)cc1. The largest absolute Gasteiger partial charge is 0.491 e. The molecule has 0 amide bonds. The number of benzene rings is 1. The molecule has 0 aliphatic carbocycles. The van der Waals surface area contributed by atoms with Crippen molar-refractivity contribution in [2.45, 2.75) is 31.9 Å². The van der Waals surface area contributed by atoms with Crippen molar-refractivity contribution >= 4 is 5.70 Å². The Morgan fingerprint density at radius 3 is 2.83 bits per heavy atom. The van der Waals surface area contributed by atoms with Crippen molar-refractivity contribution in [2.24, 2.45) is 0 Å². The van der Waals surface area contributed by atoms with Crippen molar-refractivity contribution in [3.63, 3.8) is 0 Å². The van der Waals surface area contributed by atoms with E-state index < -0.39 is 6.10 Å². The van der Waals surface area contributed by atoms with E-state index in [0.717, 1.165) is 23.6 Å². The van der Waals surface area contributed by atoms with Crippen LogP contribution in [-0.2, 0) is 0 Å². The minimum atomic E-state index is -0.452. The Kier molecular flexibility index (Phi) is 5.20. The van der Waals surface area contributed by atoms with E-state index in [9.17, 15) is 5.11 Å². The second-order valence-electron chi connectivity index (χ2n) is 6.18. The van der Waals surface area contributed by atoms with Crippen molar-refractivity contribution in [1.29, 1.82) is 0 Å². The Hall–Kier alpha value is -1.98. The number of hydrazine groups is 1. The molecule has 0 saturated carbocycles. The lowest BCUT2D eigenvalue weighted by atomic mass is 10.1. The number of aliphatic hydroxyl groups excluding tert-OH is 1. The summed E-state index contributed by atoms with van der Waals surface area (Å²) < 4.78 is 5.71. The first-order valence-electron chi connectivity index (χ1n) is 8.26. The Balaban J connectivity index is 1.48. The van der Waals surface area contributed by atoms with Crippen LogP contribution < -0.4 is 15.6 Å². The molecule has 1 unspecified atom stereocenters. The van der Waals surface area contributed by atoms with Gasteiger partial charge in [-0.15, -0.1) is 0 Å². The van der Waals surface area contributed by atoms with Gasteiger partial charge in [-0.2, -0.15) is 0 Å². The summed E-state index contributed by atoms with van der Waals surface area (Å²) in [6, 6.07) is 8.44. The van der Waals surface area contributed by atoms with Gasteiger partial charge in [-0.25, -0.2) is 0 Å². The smallest absolute Gasteiger partial charge is 0.119 e. The molecule has 1 fully saturated rings. The summed E-state index contributed by atoms with van der Waals surface area (Å²) in [6.45, 7) is 4.32. The molecule has 5 heteroatoms. The standard InChI is InChI=1S/C18H25N3O2/c1-14-4-3-11-21(14)12-16(22)13-23-17-8-6-15(7-9-17)18-5-2-10-19-20-18/h2,5-10,14,16,19-20,22H,3-4,11-13H2,1H3/t14-,16?/m1/s1. The molecule has 3 rings (SSSR count). The number of hydrogen-bond acceptors (Lipinski definition) is 5. The number of rotatable bonds is 6. The van der Waals surface area contributed by atoms with E-state index in [1.807, 2.05) is 42.6 Å². The van der Waals surface area contributed by atoms with Crippen molar-refractivity contribution in [2.75, 3.05) is 19.7 Å². The highest BCUT2D eigenvalue weighted by atomic mass is 16.5. The zero-order chi connectivity index (χ0) is 16.1. The van der Waals surface area contributed by atoms with Gasteiger partial charge >= 0.3 is 0 Å². The molecule has 0 aromatic heterocycles. The van der Waals surface area contributed by atoms with E-state index in [2.05, 4.69) is 22.7 Å². The van der Waals surface area contributed by atoms with Gasteiger partial charge in [0, 0.05) is 18.8 Å². The van der Waals surface area contributed by atoms with Crippen LogP contribution >= 0.6 is 0 Å². The predicted octanol–water partition coefficient (Wildman–Crippen LogP) is 1.87. The molecule has 1 aromatic carbocycles. The molecule has 2 aliphatic heterocycles. The van der Waals surface area contributed by atoms with E-state index in [-0.39, 0.29) is 0 Å². The first-order valence-corrected chi connectivity index (χ1v) is 8.26. The average molecular weight is 315 g/mol. The normalized spacial score (nSPS) is 22.2. The molecule has 0 bridgehead atoms. The summed E-state index contributed by atoms with van der Waals surface area (Å²) in [5, 5.41) is 10.1. The molecule has 2 atom stereocenters. The number of allylic oxidation sites excluding steroid dienone is 2. The van der Waals surface area contributed by atoms with Crippen LogP contribution in [0.1, 0.15) is 25.3 Å². The van der Waals surface area contributed by atoms with Crippen LogP contribution in [0.3, 0.4) is 0 Å². The van der Waals surface area contributed by atoms with Crippen molar-refractivity contribution in [3.05, 3.63) is 48.2 Å². The maximum atomic E-state index is 10.1.